The molecule has 3 nitrogen and oxygen atoms in total. The summed E-state index contributed by atoms with van der Waals surface area (Å²) in [6.07, 6.45) is 2.87. The van der Waals surface area contributed by atoms with Crippen molar-refractivity contribution in [1.29, 1.82) is 0 Å². The second-order valence-electron chi connectivity index (χ2n) is 4.66. The number of hydrogen-bond acceptors (Lipinski definition) is 1. The quantitative estimate of drug-likeness (QED) is 0.907. The third kappa shape index (κ3) is 3.67. The van der Waals surface area contributed by atoms with Crippen LogP contribution in [0.3, 0.4) is 0 Å². The molecule has 1 rings (SSSR count). The Morgan fingerprint density at radius 1 is 1.50 bits per heavy atom. The van der Waals surface area contributed by atoms with Crippen molar-refractivity contribution >= 4 is 21.8 Å². The molecule has 4 heteroatoms. The molecule has 0 saturated carbocycles. The van der Waals surface area contributed by atoms with Crippen molar-refractivity contribution < 1.29 is 4.79 Å². The SMILES string of the molecule is CC(C)CC(C)NC(=O)c1cc(Br)cn1C. The molecule has 1 N–H and O–H groups in total. The van der Waals surface area contributed by atoms with Gasteiger partial charge in [-0.1, -0.05) is 13.8 Å². The minimum atomic E-state index is -0.0126. The zero-order valence-corrected chi connectivity index (χ0v) is 11.8. The van der Waals surface area contributed by atoms with Crippen LogP contribution < -0.4 is 5.32 Å². The van der Waals surface area contributed by atoms with Crippen molar-refractivity contribution in [2.45, 2.75) is 33.2 Å². The average molecular weight is 287 g/mol. The number of amides is 1. The van der Waals surface area contributed by atoms with Gasteiger partial charge in [0.15, 0.2) is 0 Å². The van der Waals surface area contributed by atoms with E-state index in [0.29, 0.717) is 11.6 Å². The van der Waals surface area contributed by atoms with E-state index < -0.39 is 0 Å². The Labute approximate surface area is 105 Å². The van der Waals surface area contributed by atoms with Gasteiger partial charge in [0.1, 0.15) is 5.69 Å². The molecule has 0 aliphatic heterocycles. The Morgan fingerprint density at radius 3 is 2.56 bits per heavy atom. The van der Waals surface area contributed by atoms with Gasteiger partial charge in [0.05, 0.1) is 0 Å². The van der Waals surface area contributed by atoms with E-state index in [1.54, 1.807) is 0 Å². The van der Waals surface area contributed by atoms with Gasteiger partial charge in [0, 0.05) is 23.8 Å². The number of carbonyl (C=O) groups is 1. The van der Waals surface area contributed by atoms with Gasteiger partial charge >= 0.3 is 0 Å². The van der Waals surface area contributed by atoms with Gasteiger partial charge in [0.2, 0.25) is 0 Å². The normalized spacial score (nSPS) is 12.9. The zero-order valence-electron chi connectivity index (χ0n) is 10.2. The average Bonchev–Trinajstić information content (AvgIpc) is 2.43. The van der Waals surface area contributed by atoms with Crippen LogP contribution in [0.4, 0.5) is 0 Å². The first kappa shape index (κ1) is 13.3. The van der Waals surface area contributed by atoms with Gasteiger partial charge in [-0.2, -0.15) is 0 Å². The number of hydrogen-bond donors (Lipinski definition) is 1. The van der Waals surface area contributed by atoms with E-state index in [9.17, 15) is 4.79 Å². The molecule has 0 aliphatic rings. The Balaban J connectivity index is 2.62. The Bertz CT molecular complexity index is 371. The molecule has 0 spiro atoms. The summed E-state index contributed by atoms with van der Waals surface area (Å²) in [5.74, 6) is 0.580. The fourth-order valence-corrected chi connectivity index (χ4v) is 2.34. The molecule has 1 aromatic rings. The smallest absolute Gasteiger partial charge is 0.268 e. The lowest BCUT2D eigenvalue weighted by Gasteiger charge is -2.16. The topological polar surface area (TPSA) is 34.0 Å². The first-order valence-corrected chi connectivity index (χ1v) is 6.32. The Morgan fingerprint density at radius 2 is 2.12 bits per heavy atom. The highest BCUT2D eigenvalue weighted by molar-refractivity contribution is 9.10. The molecule has 1 aromatic heterocycles. The number of rotatable bonds is 4. The van der Waals surface area contributed by atoms with Crippen molar-refractivity contribution in [3.05, 3.63) is 22.4 Å². The lowest BCUT2D eigenvalue weighted by atomic mass is 10.1. The molecule has 90 valence electrons. The van der Waals surface area contributed by atoms with Crippen molar-refractivity contribution in [2.75, 3.05) is 0 Å². The van der Waals surface area contributed by atoms with E-state index in [1.165, 1.54) is 0 Å². The Hall–Kier alpha value is -0.770. The maximum absolute atomic E-state index is 11.9. The van der Waals surface area contributed by atoms with Gasteiger partial charge in [-0.15, -0.1) is 0 Å². The fourth-order valence-electron chi connectivity index (χ4n) is 1.81. The van der Waals surface area contributed by atoms with Crippen LogP contribution in [-0.4, -0.2) is 16.5 Å². The zero-order chi connectivity index (χ0) is 12.3. The fraction of sp³-hybridized carbons (Fsp3) is 0.583. The molecule has 1 amide bonds. The van der Waals surface area contributed by atoms with Crippen LogP contribution in [0, 0.1) is 5.92 Å². The molecule has 0 saturated heterocycles. The second-order valence-corrected chi connectivity index (χ2v) is 5.57. The summed E-state index contributed by atoms with van der Waals surface area (Å²) in [5.41, 5.74) is 0.683. The van der Waals surface area contributed by atoms with Crippen molar-refractivity contribution in [2.24, 2.45) is 13.0 Å². The van der Waals surface area contributed by atoms with E-state index in [-0.39, 0.29) is 11.9 Å². The number of aryl methyl sites for hydroxylation is 1. The highest BCUT2D eigenvalue weighted by atomic mass is 79.9. The maximum atomic E-state index is 11.9. The van der Waals surface area contributed by atoms with Crippen LogP contribution in [0.15, 0.2) is 16.7 Å². The van der Waals surface area contributed by atoms with Crippen LogP contribution in [0.1, 0.15) is 37.7 Å². The van der Waals surface area contributed by atoms with E-state index in [2.05, 4.69) is 35.1 Å². The summed E-state index contributed by atoms with van der Waals surface area (Å²) in [4.78, 5) is 11.9. The summed E-state index contributed by atoms with van der Waals surface area (Å²) in [5, 5.41) is 3.00. The van der Waals surface area contributed by atoms with E-state index in [4.69, 9.17) is 0 Å². The summed E-state index contributed by atoms with van der Waals surface area (Å²) >= 11 is 3.36. The molecular weight excluding hydrogens is 268 g/mol. The predicted octanol–water partition coefficient (Wildman–Crippen LogP) is 2.95. The molecule has 1 atom stereocenters. The van der Waals surface area contributed by atoms with Crippen molar-refractivity contribution in [1.82, 2.24) is 9.88 Å². The molecule has 1 unspecified atom stereocenters. The lowest BCUT2D eigenvalue weighted by Crippen LogP contribution is -2.34. The van der Waals surface area contributed by atoms with Crippen molar-refractivity contribution in [3.8, 4) is 0 Å². The van der Waals surface area contributed by atoms with Crippen LogP contribution in [0.2, 0.25) is 0 Å². The van der Waals surface area contributed by atoms with Crippen LogP contribution in [-0.2, 0) is 7.05 Å². The monoisotopic (exact) mass is 286 g/mol. The molecule has 0 aromatic carbocycles. The molecular formula is C12H19BrN2O. The maximum Gasteiger partial charge on any atom is 0.268 e. The third-order valence-corrected chi connectivity index (χ3v) is 2.84. The molecule has 0 radical (unpaired) electrons. The van der Waals surface area contributed by atoms with Crippen LogP contribution in [0.25, 0.3) is 0 Å². The number of carbonyl (C=O) groups excluding carboxylic acids is 1. The summed E-state index contributed by atoms with van der Waals surface area (Å²) in [6, 6.07) is 2.04. The number of aromatic nitrogens is 1. The molecule has 0 fully saturated rings. The third-order valence-electron chi connectivity index (χ3n) is 2.41. The summed E-state index contributed by atoms with van der Waals surface area (Å²) < 4.78 is 2.75. The number of nitrogens with one attached hydrogen (secondary N) is 1. The lowest BCUT2D eigenvalue weighted by molar-refractivity contribution is 0.0928. The highest BCUT2D eigenvalue weighted by Gasteiger charge is 2.14. The van der Waals surface area contributed by atoms with Crippen LogP contribution in [0.5, 0.6) is 0 Å². The first-order valence-electron chi connectivity index (χ1n) is 5.53. The van der Waals surface area contributed by atoms with Gasteiger partial charge in [-0.05, 0) is 41.3 Å². The van der Waals surface area contributed by atoms with Gasteiger partial charge in [-0.3, -0.25) is 4.79 Å². The molecule has 0 bridgehead atoms. The first-order chi connectivity index (χ1) is 7.40. The molecule has 16 heavy (non-hydrogen) atoms. The van der Waals surface area contributed by atoms with Crippen molar-refractivity contribution in [3.63, 3.8) is 0 Å². The van der Waals surface area contributed by atoms with Gasteiger partial charge in [-0.25, -0.2) is 0 Å². The predicted molar refractivity (Wildman–Crippen MR) is 69.5 cm³/mol. The molecule has 1 heterocycles. The van der Waals surface area contributed by atoms with E-state index in [1.807, 2.05) is 30.8 Å². The standard InChI is InChI=1S/C12H19BrN2O/c1-8(2)5-9(3)14-12(16)11-6-10(13)7-15(11)4/h6-9H,5H2,1-4H3,(H,14,16). The minimum absolute atomic E-state index is 0.0126. The minimum Gasteiger partial charge on any atom is -0.348 e. The van der Waals surface area contributed by atoms with Gasteiger partial charge < -0.3 is 9.88 Å². The second kappa shape index (κ2) is 5.53. The van der Waals surface area contributed by atoms with Gasteiger partial charge in [0.25, 0.3) is 5.91 Å². The largest absolute Gasteiger partial charge is 0.348 e. The summed E-state index contributed by atoms with van der Waals surface area (Å²) in [6.45, 7) is 6.35. The summed E-state index contributed by atoms with van der Waals surface area (Å²) in [7, 11) is 1.87. The number of halogens is 1. The molecule has 0 aliphatic carbocycles. The number of nitrogens with zero attached hydrogens (tertiary/aromatic N) is 1. The van der Waals surface area contributed by atoms with Crippen LogP contribution >= 0.6 is 15.9 Å². The van der Waals surface area contributed by atoms with E-state index in [0.717, 1.165) is 10.9 Å². The highest BCUT2D eigenvalue weighted by Crippen LogP contribution is 2.14. The Kier molecular flexibility index (Phi) is 4.59. The van der Waals surface area contributed by atoms with E-state index >= 15 is 0 Å².